The van der Waals surface area contributed by atoms with E-state index in [1.807, 2.05) is 25.1 Å². The second-order valence-electron chi connectivity index (χ2n) is 7.08. The number of carbonyl (C=O) groups excluding carboxylic acids is 1. The van der Waals surface area contributed by atoms with Crippen LogP contribution in [0.3, 0.4) is 0 Å². The minimum absolute atomic E-state index is 0.131. The summed E-state index contributed by atoms with van der Waals surface area (Å²) in [6.07, 6.45) is 19.4. The van der Waals surface area contributed by atoms with Crippen LogP contribution in [0.5, 0.6) is 0 Å². The first-order valence-electron chi connectivity index (χ1n) is 10.6. The van der Waals surface area contributed by atoms with Crippen molar-refractivity contribution in [2.45, 2.75) is 32.2 Å². The maximum Gasteiger partial charge on any atom is 0.243 e. The monoisotopic (exact) mass is 480 g/mol. The first-order valence-corrected chi connectivity index (χ1v) is 10.9. The fourth-order valence-corrected chi connectivity index (χ4v) is 3.47. The molecule has 1 unspecified atom stereocenters. The molecule has 1 aliphatic heterocycles. The summed E-state index contributed by atoms with van der Waals surface area (Å²) < 4.78 is 0. The molecular weight excluding hydrogens is 452 g/mol. The fraction of sp³-hybridized carbons (Fsp3) is 0.269. The third-order valence-electron chi connectivity index (χ3n) is 4.89. The molecule has 1 aliphatic rings. The number of terminal acetylenes is 1. The Morgan fingerprint density at radius 2 is 2.06 bits per heavy atom. The molecule has 7 nitrogen and oxygen atoms in total. The number of aryl methyl sites for hydroxylation is 1. The highest BCUT2D eigenvalue weighted by Gasteiger charge is 2.33. The van der Waals surface area contributed by atoms with E-state index in [-0.39, 0.29) is 24.9 Å². The van der Waals surface area contributed by atoms with Gasteiger partial charge in [0.25, 0.3) is 0 Å². The van der Waals surface area contributed by atoms with Crippen molar-refractivity contribution in [1.29, 1.82) is 0 Å². The standard InChI is InChI=1S/C24H27ClN4O3.C2H2/c1-4-7-20(17-26-3)22-16-23(19(5-2)8-6-15-28(31)32)29(27-22)24(30)14-11-18-9-12-21(25)13-10-18;1-2/h4-10,12-13,17,23H,1,11,14-16H2,2-3H3;1-2H/b8-6-,19-5+,20-7+,26-17?;. The average Bonchev–Trinajstić information content (AvgIpc) is 3.27. The van der Waals surface area contributed by atoms with Crippen LogP contribution in [0.2, 0.25) is 5.02 Å². The minimum atomic E-state index is -0.405. The molecule has 1 amide bonds. The molecule has 1 aromatic rings. The molecule has 0 saturated heterocycles. The number of carbonyl (C=O) groups is 1. The third-order valence-corrected chi connectivity index (χ3v) is 5.14. The van der Waals surface area contributed by atoms with Crippen LogP contribution < -0.4 is 0 Å². The predicted octanol–water partition coefficient (Wildman–Crippen LogP) is 5.07. The van der Waals surface area contributed by atoms with E-state index in [9.17, 15) is 14.9 Å². The zero-order chi connectivity index (χ0) is 25.5. The van der Waals surface area contributed by atoms with E-state index in [1.54, 1.807) is 43.6 Å². The van der Waals surface area contributed by atoms with Gasteiger partial charge in [0.05, 0.1) is 11.8 Å². The van der Waals surface area contributed by atoms with Gasteiger partial charge in [-0.3, -0.25) is 19.9 Å². The Balaban J connectivity index is 0.00000281. The van der Waals surface area contributed by atoms with Crippen molar-refractivity contribution in [3.05, 3.63) is 93.1 Å². The predicted molar refractivity (Wildman–Crippen MR) is 140 cm³/mol. The molecule has 0 fully saturated rings. The van der Waals surface area contributed by atoms with Gasteiger partial charge in [0.1, 0.15) is 0 Å². The van der Waals surface area contributed by atoms with Crippen LogP contribution in [0.4, 0.5) is 0 Å². The van der Waals surface area contributed by atoms with E-state index in [0.717, 1.165) is 16.7 Å². The number of allylic oxidation sites excluding steroid dienone is 4. The number of hydrazone groups is 1. The van der Waals surface area contributed by atoms with E-state index >= 15 is 0 Å². The Morgan fingerprint density at radius 1 is 1.38 bits per heavy atom. The molecule has 1 heterocycles. The largest absolute Gasteiger partial charge is 0.296 e. The Morgan fingerprint density at radius 3 is 2.62 bits per heavy atom. The SMILES string of the molecule is C#C.C=C/C=C(\C=NC)C1=NN(C(=O)CCc2ccc(Cl)cc2)C(C(/C=C\C[N+](=O)[O-])=C/C)C1. The van der Waals surface area contributed by atoms with Crippen molar-refractivity contribution >= 4 is 29.4 Å². The Labute approximate surface area is 206 Å². The Kier molecular flexibility index (Phi) is 12.6. The number of rotatable bonds is 10. The lowest BCUT2D eigenvalue weighted by molar-refractivity contribution is -0.468. The fourth-order valence-electron chi connectivity index (χ4n) is 3.35. The van der Waals surface area contributed by atoms with Gasteiger partial charge in [-0.1, -0.05) is 54.6 Å². The van der Waals surface area contributed by atoms with Crippen LogP contribution in [0, 0.1) is 23.0 Å². The number of halogens is 1. The number of aliphatic imine (C=N–C) groups is 1. The molecule has 0 aromatic heterocycles. The summed E-state index contributed by atoms with van der Waals surface area (Å²) in [6.45, 7) is 5.29. The lowest BCUT2D eigenvalue weighted by atomic mass is 9.97. The van der Waals surface area contributed by atoms with E-state index < -0.39 is 4.92 Å². The van der Waals surface area contributed by atoms with Crippen molar-refractivity contribution in [2.24, 2.45) is 10.1 Å². The van der Waals surface area contributed by atoms with Gasteiger partial charge in [0, 0.05) is 41.6 Å². The average molecular weight is 481 g/mol. The minimum Gasteiger partial charge on any atom is -0.296 e. The van der Waals surface area contributed by atoms with Crippen molar-refractivity contribution in [3.8, 4) is 12.8 Å². The van der Waals surface area contributed by atoms with Crippen LogP contribution in [-0.4, -0.2) is 47.4 Å². The number of nitro groups is 1. The molecule has 34 heavy (non-hydrogen) atoms. The summed E-state index contributed by atoms with van der Waals surface area (Å²) in [7, 11) is 1.66. The molecular formula is C26H29ClN4O3. The first kappa shape index (κ1) is 28.3. The van der Waals surface area contributed by atoms with Gasteiger partial charge in [-0.25, -0.2) is 5.01 Å². The second-order valence-corrected chi connectivity index (χ2v) is 7.52. The zero-order valence-corrected chi connectivity index (χ0v) is 20.2. The van der Waals surface area contributed by atoms with Gasteiger partial charge >= 0.3 is 0 Å². The summed E-state index contributed by atoms with van der Waals surface area (Å²) >= 11 is 5.94. The molecule has 0 bridgehead atoms. The summed E-state index contributed by atoms with van der Waals surface area (Å²) in [4.78, 5) is 27.5. The Hall–Kier alpha value is -3.76. The van der Waals surface area contributed by atoms with E-state index in [2.05, 4.69) is 29.5 Å². The smallest absolute Gasteiger partial charge is 0.243 e. The lowest BCUT2D eigenvalue weighted by Gasteiger charge is -2.23. The summed E-state index contributed by atoms with van der Waals surface area (Å²) in [5, 5.41) is 17.4. The van der Waals surface area contributed by atoms with Gasteiger partial charge in [0.2, 0.25) is 12.5 Å². The summed E-state index contributed by atoms with van der Waals surface area (Å²) in [5.74, 6) is -0.131. The normalized spacial score (nSPS) is 16.3. The van der Waals surface area contributed by atoms with Crippen molar-refractivity contribution in [2.75, 3.05) is 13.6 Å². The number of hydrogen-bond donors (Lipinski definition) is 0. The third kappa shape index (κ3) is 8.64. The number of amides is 1. The number of nitrogens with zero attached hydrogens (tertiary/aromatic N) is 4. The molecule has 8 heteroatoms. The van der Waals surface area contributed by atoms with E-state index in [0.29, 0.717) is 23.6 Å². The molecule has 0 N–H and O–H groups in total. The van der Waals surface area contributed by atoms with Crippen LogP contribution in [0.1, 0.15) is 25.3 Å². The maximum atomic E-state index is 13.1. The van der Waals surface area contributed by atoms with Gasteiger partial charge in [-0.15, -0.1) is 12.8 Å². The van der Waals surface area contributed by atoms with Crippen molar-refractivity contribution in [1.82, 2.24) is 5.01 Å². The Bertz CT molecular complexity index is 1030. The molecule has 0 radical (unpaired) electrons. The molecule has 1 atom stereocenters. The molecule has 1 aromatic carbocycles. The molecule has 0 saturated carbocycles. The highest BCUT2D eigenvalue weighted by Crippen LogP contribution is 2.27. The van der Waals surface area contributed by atoms with Crippen LogP contribution >= 0.6 is 11.6 Å². The van der Waals surface area contributed by atoms with E-state index in [4.69, 9.17) is 11.6 Å². The molecule has 0 spiro atoms. The summed E-state index contributed by atoms with van der Waals surface area (Å²) in [6, 6.07) is 7.03. The number of hydrogen-bond acceptors (Lipinski definition) is 5. The van der Waals surface area contributed by atoms with Crippen molar-refractivity contribution in [3.63, 3.8) is 0 Å². The van der Waals surface area contributed by atoms with Crippen molar-refractivity contribution < 1.29 is 9.72 Å². The zero-order valence-electron chi connectivity index (χ0n) is 19.4. The first-order chi connectivity index (χ1) is 16.4. The quantitative estimate of drug-likeness (QED) is 0.154. The summed E-state index contributed by atoms with van der Waals surface area (Å²) in [5.41, 5.74) is 3.27. The number of benzene rings is 1. The van der Waals surface area contributed by atoms with Gasteiger partial charge < -0.3 is 0 Å². The maximum absolute atomic E-state index is 13.1. The van der Waals surface area contributed by atoms with Crippen LogP contribution in [-0.2, 0) is 11.2 Å². The van der Waals surface area contributed by atoms with E-state index in [1.165, 1.54) is 11.1 Å². The van der Waals surface area contributed by atoms with Crippen LogP contribution in [0.15, 0.2) is 82.5 Å². The second kappa shape index (κ2) is 15.1. The van der Waals surface area contributed by atoms with Gasteiger partial charge in [-0.2, -0.15) is 5.10 Å². The highest BCUT2D eigenvalue weighted by atomic mass is 35.5. The molecule has 2 rings (SSSR count). The highest BCUT2D eigenvalue weighted by molar-refractivity contribution is 6.30. The topological polar surface area (TPSA) is 88.2 Å². The van der Waals surface area contributed by atoms with Crippen LogP contribution in [0.25, 0.3) is 0 Å². The molecule has 0 aliphatic carbocycles. The van der Waals surface area contributed by atoms with Gasteiger partial charge in [-0.05, 0) is 42.7 Å². The molecule has 178 valence electrons. The van der Waals surface area contributed by atoms with Gasteiger partial charge in [0.15, 0.2) is 0 Å². The lowest BCUT2D eigenvalue weighted by Crippen LogP contribution is -2.34.